The number of morpholine rings is 1. The van der Waals surface area contributed by atoms with E-state index in [0.29, 0.717) is 17.8 Å². The van der Waals surface area contributed by atoms with Crippen LogP contribution in [0.4, 0.5) is 10.1 Å². The maximum Gasteiger partial charge on any atom is 0.129 e. The van der Waals surface area contributed by atoms with Gasteiger partial charge in [0.05, 0.1) is 12.2 Å². The molecule has 1 saturated heterocycles. The molecule has 0 radical (unpaired) electrons. The Morgan fingerprint density at radius 2 is 2.00 bits per heavy atom. The van der Waals surface area contributed by atoms with E-state index in [1.165, 1.54) is 6.07 Å². The second-order valence-electron chi connectivity index (χ2n) is 4.80. The third-order valence-electron chi connectivity index (χ3n) is 2.97. The molecule has 0 aromatic heterocycles. The number of halogens is 1. The molecule has 1 aromatic carbocycles. The molecule has 1 aromatic rings. The molecular formula is C13H19FN2O. The maximum atomic E-state index is 13.7. The van der Waals surface area contributed by atoms with Crippen LogP contribution in [0.3, 0.4) is 0 Å². The maximum absolute atomic E-state index is 13.7. The third kappa shape index (κ3) is 3.17. The summed E-state index contributed by atoms with van der Waals surface area (Å²) in [5, 5.41) is 0. The molecule has 1 fully saturated rings. The van der Waals surface area contributed by atoms with E-state index in [1.807, 2.05) is 13.8 Å². The molecule has 1 aliphatic heterocycles. The first-order chi connectivity index (χ1) is 8.04. The highest BCUT2D eigenvalue weighted by Crippen LogP contribution is 2.17. The Morgan fingerprint density at radius 3 is 2.59 bits per heavy atom. The highest BCUT2D eigenvalue weighted by Gasteiger charge is 2.22. The van der Waals surface area contributed by atoms with E-state index in [4.69, 9.17) is 10.5 Å². The van der Waals surface area contributed by atoms with Crippen molar-refractivity contribution in [2.24, 2.45) is 0 Å². The van der Waals surface area contributed by atoms with Crippen molar-refractivity contribution in [2.75, 3.05) is 18.8 Å². The summed E-state index contributed by atoms with van der Waals surface area (Å²) < 4.78 is 19.3. The second kappa shape index (κ2) is 5.02. The molecule has 2 N–H and O–H groups in total. The molecule has 2 rings (SSSR count). The molecule has 0 saturated carbocycles. The van der Waals surface area contributed by atoms with Crippen molar-refractivity contribution >= 4 is 5.69 Å². The van der Waals surface area contributed by atoms with E-state index in [9.17, 15) is 4.39 Å². The van der Waals surface area contributed by atoms with E-state index in [-0.39, 0.29) is 18.0 Å². The predicted octanol–water partition coefficient (Wildman–Crippen LogP) is 2.02. The average Bonchev–Trinajstić information content (AvgIpc) is 2.21. The van der Waals surface area contributed by atoms with Crippen LogP contribution in [-0.2, 0) is 11.3 Å². The van der Waals surface area contributed by atoms with Crippen LogP contribution in [0.5, 0.6) is 0 Å². The van der Waals surface area contributed by atoms with Crippen molar-refractivity contribution in [3.8, 4) is 0 Å². The van der Waals surface area contributed by atoms with Gasteiger partial charge in [-0.3, -0.25) is 4.90 Å². The summed E-state index contributed by atoms with van der Waals surface area (Å²) in [4.78, 5) is 2.22. The van der Waals surface area contributed by atoms with Gasteiger partial charge in [-0.1, -0.05) is 6.07 Å². The molecule has 0 spiro atoms. The van der Waals surface area contributed by atoms with E-state index in [0.717, 1.165) is 13.1 Å². The summed E-state index contributed by atoms with van der Waals surface area (Å²) >= 11 is 0. The monoisotopic (exact) mass is 238 g/mol. The van der Waals surface area contributed by atoms with Crippen LogP contribution < -0.4 is 5.73 Å². The van der Waals surface area contributed by atoms with Crippen LogP contribution in [0, 0.1) is 5.82 Å². The van der Waals surface area contributed by atoms with E-state index in [1.54, 1.807) is 12.1 Å². The fourth-order valence-corrected chi connectivity index (χ4v) is 2.35. The first-order valence-electron chi connectivity index (χ1n) is 5.96. The lowest BCUT2D eigenvalue weighted by Gasteiger charge is -2.35. The molecule has 3 nitrogen and oxygen atoms in total. The first-order valence-corrected chi connectivity index (χ1v) is 5.96. The molecule has 0 amide bonds. The van der Waals surface area contributed by atoms with Crippen LogP contribution in [0.25, 0.3) is 0 Å². The van der Waals surface area contributed by atoms with Gasteiger partial charge in [0.1, 0.15) is 5.82 Å². The Kier molecular flexibility index (Phi) is 3.64. The number of hydrogen-bond donors (Lipinski definition) is 1. The lowest BCUT2D eigenvalue weighted by atomic mass is 10.1. The van der Waals surface area contributed by atoms with Gasteiger partial charge in [-0.2, -0.15) is 0 Å². The molecule has 0 bridgehead atoms. The highest BCUT2D eigenvalue weighted by molar-refractivity contribution is 5.40. The number of nitrogens with zero attached hydrogens (tertiary/aromatic N) is 1. The van der Waals surface area contributed by atoms with Crippen LogP contribution in [0.1, 0.15) is 19.4 Å². The van der Waals surface area contributed by atoms with Crippen molar-refractivity contribution in [1.82, 2.24) is 4.90 Å². The Morgan fingerprint density at radius 1 is 1.35 bits per heavy atom. The summed E-state index contributed by atoms with van der Waals surface area (Å²) in [6, 6.07) is 4.88. The summed E-state index contributed by atoms with van der Waals surface area (Å²) in [5.41, 5.74) is 6.69. The summed E-state index contributed by atoms with van der Waals surface area (Å²) in [7, 11) is 0. The van der Waals surface area contributed by atoms with Gasteiger partial charge in [-0.25, -0.2) is 4.39 Å². The topological polar surface area (TPSA) is 38.5 Å². The predicted molar refractivity (Wildman–Crippen MR) is 66.1 cm³/mol. The molecule has 94 valence electrons. The lowest BCUT2D eigenvalue weighted by Crippen LogP contribution is -2.44. The number of nitrogen functional groups attached to an aromatic ring is 1. The zero-order chi connectivity index (χ0) is 12.4. The Bertz CT molecular complexity index is 387. The SMILES string of the molecule is CC1CN(Cc2ccc(N)cc2F)CC(C)O1. The van der Waals surface area contributed by atoms with E-state index < -0.39 is 0 Å². The number of nitrogens with two attached hydrogens (primary N) is 1. The van der Waals surface area contributed by atoms with Crippen molar-refractivity contribution in [2.45, 2.75) is 32.6 Å². The Labute approximate surface area is 101 Å². The quantitative estimate of drug-likeness (QED) is 0.801. The number of benzene rings is 1. The van der Waals surface area contributed by atoms with Crippen molar-refractivity contribution < 1.29 is 9.13 Å². The number of rotatable bonds is 2. The van der Waals surface area contributed by atoms with Crippen LogP contribution in [0.2, 0.25) is 0 Å². The second-order valence-corrected chi connectivity index (χ2v) is 4.80. The van der Waals surface area contributed by atoms with Gasteiger partial charge >= 0.3 is 0 Å². The van der Waals surface area contributed by atoms with Gasteiger partial charge in [0.2, 0.25) is 0 Å². The molecule has 1 aliphatic rings. The zero-order valence-electron chi connectivity index (χ0n) is 10.3. The van der Waals surface area contributed by atoms with Crippen molar-refractivity contribution in [3.63, 3.8) is 0 Å². The number of anilines is 1. The molecule has 0 aliphatic carbocycles. The Balaban J connectivity index is 2.04. The Hall–Kier alpha value is -1.13. The van der Waals surface area contributed by atoms with Gasteiger partial charge < -0.3 is 10.5 Å². The molecule has 1 heterocycles. The summed E-state index contributed by atoms with van der Waals surface area (Å²) in [5.74, 6) is -0.225. The lowest BCUT2D eigenvalue weighted by molar-refractivity contribution is -0.0707. The minimum absolute atomic E-state index is 0.204. The van der Waals surface area contributed by atoms with Crippen LogP contribution in [-0.4, -0.2) is 30.2 Å². The third-order valence-corrected chi connectivity index (χ3v) is 2.97. The first kappa shape index (κ1) is 12.3. The van der Waals surface area contributed by atoms with Gasteiger partial charge in [0.15, 0.2) is 0 Å². The standard InChI is InChI=1S/C13H19FN2O/c1-9-6-16(7-10(2)17-9)8-11-3-4-12(15)5-13(11)14/h3-5,9-10H,6-8,15H2,1-2H3. The molecule has 17 heavy (non-hydrogen) atoms. The van der Waals surface area contributed by atoms with Gasteiger partial charge in [-0.15, -0.1) is 0 Å². The normalized spacial score (nSPS) is 26.1. The number of hydrogen-bond acceptors (Lipinski definition) is 3. The fourth-order valence-electron chi connectivity index (χ4n) is 2.35. The largest absolute Gasteiger partial charge is 0.399 e. The summed E-state index contributed by atoms with van der Waals surface area (Å²) in [6.45, 7) is 6.39. The van der Waals surface area contributed by atoms with E-state index >= 15 is 0 Å². The molecule has 2 atom stereocenters. The van der Waals surface area contributed by atoms with Gasteiger partial charge in [0, 0.05) is 30.9 Å². The molecule has 4 heteroatoms. The number of ether oxygens (including phenoxy) is 1. The zero-order valence-corrected chi connectivity index (χ0v) is 10.3. The van der Waals surface area contributed by atoms with Crippen LogP contribution in [0.15, 0.2) is 18.2 Å². The van der Waals surface area contributed by atoms with Gasteiger partial charge in [0.25, 0.3) is 0 Å². The average molecular weight is 238 g/mol. The van der Waals surface area contributed by atoms with Crippen LogP contribution >= 0.6 is 0 Å². The van der Waals surface area contributed by atoms with Crippen molar-refractivity contribution in [3.05, 3.63) is 29.6 Å². The van der Waals surface area contributed by atoms with E-state index in [2.05, 4.69) is 4.90 Å². The smallest absolute Gasteiger partial charge is 0.129 e. The molecular weight excluding hydrogens is 219 g/mol. The minimum atomic E-state index is -0.225. The fraction of sp³-hybridized carbons (Fsp3) is 0.538. The minimum Gasteiger partial charge on any atom is -0.399 e. The molecule has 2 unspecified atom stereocenters. The van der Waals surface area contributed by atoms with Crippen molar-refractivity contribution in [1.29, 1.82) is 0 Å². The summed E-state index contributed by atoms with van der Waals surface area (Å²) in [6.07, 6.45) is 0.409. The highest BCUT2D eigenvalue weighted by atomic mass is 19.1. The van der Waals surface area contributed by atoms with Gasteiger partial charge in [-0.05, 0) is 26.0 Å².